The molecule has 1 saturated heterocycles. The summed E-state index contributed by atoms with van der Waals surface area (Å²) < 4.78 is 16.7. The normalized spacial score (nSPS) is 20.8. The summed E-state index contributed by atoms with van der Waals surface area (Å²) in [7, 11) is 0. The largest absolute Gasteiger partial charge is 0.467 e. The standard InChI is InChI=1S/C15H23NO3/c1-2-14(1)16-9-13-5-8-19-15(13)11-18-10-12-3-6-17-7-4-12/h5,8,12,14,16H,1-4,6-7,9-11H2. The number of rotatable bonds is 7. The lowest BCUT2D eigenvalue weighted by Crippen LogP contribution is -2.20. The van der Waals surface area contributed by atoms with Gasteiger partial charge in [0.05, 0.1) is 12.9 Å². The molecule has 0 atom stereocenters. The van der Waals surface area contributed by atoms with Crippen molar-refractivity contribution in [1.29, 1.82) is 0 Å². The molecule has 1 saturated carbocycles. The molecular weight excluding hydrogens is 242 g/mol. The molecule has 1 aromatic rings. The topological polar surface area (TPSA) is 43.6 Å². The highest BCUT2D eigenvalue weighted by Crippen LogP contribution is 2.21. The summed E-state index contributed by atoms with van der Waals surface area (Å²) in [6.45, 7) is 4.07. The second kappa shape index (κ2) is 6.55. The van der Waals surface area contributed by atoms with Crippen LogP contribution in [-0.2, 0) is 22.6 Å². The summed E-state index contributed by atoms with van der Waals surface area (Å²) in [4.78, 5) is 0. The zero-order chi connectivity index (χ0) is 12.9. The van der Waals surface area contributed by atoms with Gasteiger partial charge in [-0.1, -0.05) is 0 Å². The zero-order valence-electron chi connectivity index (χ0n) is 11.4. The summed E-state index contributed by atoms with van der Waals surface area (Å²) in [6, 6.07) is 2.77. The molecule has 3 rings (SSSR count). The third-order valence-electron chi connectivity index (χ3n) is 3.92. The Hall–Kier alpha value is -0.840. The minimum absolute atomic E-state index is 0.589. The molecule has 19 heavy (non-hydrogen) atoms. The van der Waals surface area contributed by atoms with Gasteiger partial charge in [-0.3, -0.25) is 0 Å². The summed E-state index contributed by atoms with van der Waals surface area (Å²) in [5, 5.41) is 3.51. The molecule has 0 radical (unpaired) electrons. The molecule has 1 aromatic heterocycles. The molecule has 2 fully saturated rings. The fraction of sp³-hybridized carbons (Fsp3) is 0.733. The SMILES string of the molecule is c1cc(CNC2CC2)c(COCC2CCOCC2)o1. The van der Waals surface area contributed by atoms with E-state index in [2.05, 4.69) is 5.32 Å². The Balaban J connectivity index is 1.39. The molecular formula is C15H23NO3. The average molecular weight is 265 g/mol. The molecule has 4 nitrogen and oxygen atoms in total. The van der Waals surface area contributed by atoms with Gasteiger partial charge in [0.2, 0.25) is 0 Å². The van der Waals surface area contributed by atoms with Crippen LogP contribution in [0.2, 0.25) is 0 Å². The van der Waals surface area contributed by atoms with Gasteiger partial charge in [0.1, 0.15) is 12.4 Å². The highest BCUT2D eigenvalue weighted by Gasteiger charge is 2.21. The van der Waals surface area contributed by atoms with Crippen molar-refractivity contribution in [1.82, 2.24) is 5.32 Å². The quantitative estimate of drug-likeness (QED) is 0.822. The van der Waals surface area contributed by atoms with Crippen LogP contribution in [0.4, 0.5) is 0 Å². The number of nitrogens with one attached hydrogen (secondary N) is 1. The molecule has 0 unspecified atom stereocenters. The van der Waals surface area contributed by atoms with Crippen molar-refractivity contribution in [3.63, 3.8) is 0 Å². The van der Waals surface area contributed by atoms with Gasteiger partial charge in [-0.25, -0.2) is 0 Å². The Morgan fingerprint density at radius 1 is 1.21 bits per heavy atom. The van der Waals surface area contributed by atoms with Crippen molar-refractivity contribution in [2.75, 3.05) is 19.8 Å². The van der Waals surface area contributed by atoms with Crippen molar-refractivity contribution in [3.05, 3.63) is 23.7 Å². The van der Waals surface area contributed by atoms with E-state index in [9.17, 15) is 0 Å². The van der Waals surface area contributed by atoms with Gasteiger partial charge in [-0.15, -0.1) is 0 Å². The van der Waals surface area contributed by atoms with E-state index in [1.807, 2.05) is 6.07 Å². The predicted molar refractivity (Wildman–Crippen MR) is 71.8 cm³/mol. The molecule has 106 valence electrons. The van der Waals surface area contributed by atoms with Gasteiger partial charge in [-0.2, -0.15) is 0 Å². The number of hydrogen-bond donors (Lipinski definition) is 1. The molecule has 4 heteroatoms. The first-order chi connectivity index (χ1) is 9.42. The third-order valence-corrected chi connectivity index (χ3v) is 3.92. The lowest BCUT2D eigenvalue weighted by atomic mass is 10.0. The van der Waals surface area contributed by atoms with E-state index in [1.165, 1.54) is 18.4 Å². The highest BCUT2D eigenvalue weighted by molar-refractivity contribution is 5.16. The van der Waals surface area contributed by atoms with Crippen LogP contribution >= 0.6 is 0 Å². The third kappa shape index (κ3) is 4.06. The first kappa shape index (κ1) is 13.2. The number of ether oxygens (including phenoxy) is 2. The molecule has 2 heterocycles. The van der Waals surface area contributed by atoms with Crippen LogP contribution in [0.1, 0.15) is 37.0 Å². The summed E-state index contributed by atoms with van der Waals surface area (Å²) in [5.74, 6) is 1.62. The van der Waals surface area contributed by atoms with Gasteiger partial charge < -0.3 is 19.2 Å². The molecule has 0 amide bonds. The summed E-state index contributed by atoms with van der Waals surface area (Å²) in [6.07, 6.45) is 6.63. The van der Waals surface area contributed by atoms with E-state index in [-0.39, 0.29) is 0 Å². The first-order valence-corrected chi connectivity index (χ1v) is 7.36. The van der Waals surface area contributed by atoms with Crippen LogP contribution in [-0.4, -0.2) is 25.9 Å². The van der Waals surface area contributed by atoms with E-state index in [4.69, 9.17) is 13.9 Å². The van der Waals surface area contributed by atoms with Crippen molar-refractivity contribution < 1.29 is 13.9 Å². The molecule has 0 bridgehead atoms. The van der Waals surface area contributed by atoms with Crippen LogP contribution in [0, 0.1) is 5.92 Å². The Kier molecular flexibility index (Phi) is 4.53. The second-order valence-corrected chi connectivity index (χ2v) is 5.60. The van der Waals surface area contributed by atoms with Crippen molar-refractivity contribution in [2.45, 2.75) is 44.9 Å². The maximum Gasteiger partial charge on any atom is 0.133 e. The Bertz CT molecular complexity index is 380. The fourth-order valence-corrected chi connectivity index (χ4v) is 2.42. The molecule has 1 aliphatic carbocycles. The summed E-state index contributed by atoms with van der Waals surface area (Å²) in [5.41, 5.74) is 1.24. The van der Waals surface area contributed by atoms with Crippen molar-refractivity contribution in [2.24, 2.45) is 5.92 Å². The number of furan rings is 1. The van der Waals surface area contributed by atoms with E-state index in [1.54, 1.807) is 6.26 Å². The monoisotopic (exact) mass is 265 g/mol. The minimum atomic E-state index is 0.589. The van der Waals surface area contributed by atoms with Crippen LogP contribution in [0.5, 0.6) is 0 Å². The van der Waals surface area contributed by atoms with E-state index >= 15 is 0 Å². The molecule has 1 aliphatic heterocycles. The second-order valence-electron chi connectivity index (χ2n) is 5.60. The van der Waals surface area contributed by atoms with Gasteiger partial charge >= 0.3 is 0 Å². The highest BCUT2D eigenvalue weighted by atomic mass is 16.5. The van der Waals surface area contributed by atoms with Gasteiger partial charge in [0.25, 0.3) is 0 Å². The predicted octanol–water partition coefficient (Wildman–Crippen LogP) is 2.47. The molecule has 0 spiro atoms. The van der Waals surface area contributed by atoms with Crippen LogP contribution in [0.15, 0.2) is 16.7 Å². The fourth-order valence-electron chi connectivity index (χ4n) is 2.42. The number of hydrogen-bond acceptors (Lipinski definition) is 4. The van der Waals surface area contributed by atoms with Crippen LogP contribution in [0.25, 0.3) is 0 Å². The Morgan fingerprint density at radius 3 is 2.84 bits per heavy atom. The minimum Gasteiger partial charge on any atom is -0.467 e. The first-order valence-electron chi connectivity index (χ1n) is 7.36. The Morgan fingerprint density at radius 2 is 2.05 bits per heavy atom. The van der Waals surface area contributed by atoms with Crippen LogP contribution < -0.4 is 5.32 Å². The smallest absolute Gasteiger partial charge is 0.133 e. The van der Waals surface area contributed by atoms with E-state index in [0.29, 0.717) is 12.5 Å². The molecule has 2 aliphatic rings. The summed E-state index contributed by atoms with van der Waals surface area (Å²) >= 11 is 0. The molecule has 0 aromatic carbocycles. The average Bonchev–Trinajstić information content (AvgIpc) is 3.17. The molecule has 1 N–H and O–H groups in total. The van der Waals surface area contributed by atoms with Crippen molar-refractivity contribution in [3.8, 4) is 0 Å². The maximum atomic E-state index is 5.80. The van der Waals surface area contributed by atoms with Gasteiger partial charge in [-0.05, 0) is 37.7 Å². The van der Waals surface area contributed by atoms with E-state index < -0.39 is 0 Å². The van der Waals surface area contributed by atoms with Crippen molar-refractivity contribution >= 4 is 0 Å². The lowest BCUT2D eigenvalue weighted by Gasteiger charge is -2.21. The van der Waals surface area contributed by atoms with Gasteiger partial charge in [0, 0.05) is 31.4 Å². The van der Waals surface area contributed by atoms with Crippen LogP contribution in [0.3, 0.4) is 0 Å². The maximum absolute atomic E-state index is 5.80. The van der Waals surface area contributed by atoms with Gasteiger partial charge in [0.15, 0.2) is 0 Å². The lowest BCUT2D eigenvalue weighted by molar-refractivity contribution is 0.0117. The van der Waals surface area contributed by atoms with E-state index in [0.717, 1.165) is 51.0 Å². The zero-order valence-corrected chi connectivity index (χ0v) is 11.4. The Labute approximate surface area is 114 Å².